The number of nitrogens with zero attached hydrogens (tertiary/aromatic N) is 2. The van der Waals surface area contributed by atoms with Gasteiger partial charge in [0.05, 0.1) is 29.3 Å². The van der Waals surface area contributed by atoms with Crippen molar-refractivity contribution in [2.75, 3.05) is 26.3 Å². The van der Waals surface area contributed by atoms with Gasteiger partial charge >= 0.3 is 0 Å². The van der Waals surface area contributed by atoms with Crippen molar-refractivity contribution in [2.24, 2.45) is 0 Å². The summed E-state index contributed by atoms with van der Waals surface area (Å²) in [5, 5.41) is 10.3. The number of hydrogen-bond acceptors (Lipinski definition) is 3. The molecule has 2 rings (SSSR count). The predicted octanol–water partition coefficient (Wildman–Crippen LogP) is 2.89. The van der Waals surface area contributed by atoms with Crippen molar-refractivity contribution < 1.29 is 4.74 Å². The molecule has 1 saturated heterocycles. The van der Waals surface area contributed by atoms with Crippen LogP contribution in [0.4, 0.5) is 0 Å². The summed E-state index contributed by atoms with van der Waals surface area (Å²) in [7, 11) is 0. The largest absolute Gasteiger partial charge is 0.379 e. The van der Waals surface area contributed by atoms with Crippen molar-refractivity contribution in [2.45, 2.75) is 6.04 Å². The molecule has 0 saturated carbocycles. The van der Waals surface area contributed by atoms with E-state index < -0.39 is 0 Å². The Morgan fingerprint density at radius 1 is 1.24 bits per heavy atom. The lowest BCUT2D eigenvalue weighted by atomic mass is 10.1. The highest BCUT2D eigenvalue weighted by Crippen LogP contribution is 2.28. The normalized spacial score (nSPS) is 18.6. The van der Waals surface area contributed by atoms with E-state index >= 15 is 0 Å². The van der Waals surface area contributed by atoms with Gasteiger partial charge in [0.2, 0.25) is 0 Å². The zero-order chi connectivity index (χ0) is 12.3. The van der Waals surface area contributed by atoms with E-state index in [4.69, 9.17) is 27.9 Å². The highest BCUT2D eigenvalue weighted by Gasteiger charge is 2.22. The van der Waals surface area contributed by atoms with Gasteiger partial charge in [-0.25, -0.2) is 0 Å². The lowest BCUT2D eigenvalue weighted by Gasteiger charge is -2.30. The third-order valence-corrected chi connectivity index (χ3v) is 3.53. The molecule has 1 aromatic rings. The van der Waals surface area contributed by atoms with Crippen LogP contribution in [-0.4, -0.2) is 31.2 Å². The Labute approximate surface area is 110 Å². The maximum Gasteiger partial charge on any atom is 0.124 e. The molecule has 1 aromatic carbocycles. The second-order valence-corrected chi connectivity index (χ2v) is 4.67. The molecule has 1 heterocycles. The summed E-state index contributed by atoms with van der Waals surface area (Å²) in [6, 6.07) is 7.35. The minimum Gasteiger partial charge on any atom is -0.379 e. The fourth-order valence-electron chi connectivity index (χ4n) is 1.89. The van der Waals surface area contributed by atoms with Crippen LogP contribution >= 0.6 is 23.2 Å². The summed E-state index contributed by atoms with van der Waals surface area (Å²) in [6.07, 6.45) is 0. The predicted molar refractivity (Wildman–Crippen MR) is 67.2 cm³/mol. The maximum atomic E-state index is 9.28. The molecule has 0 aromatic heterocycles. The molecule has 1 atom stereocenters. The maximum absolute atomic E-state index is 9.28. The summed E-state index contributed by atoms with van der Waals surface area (Å²) in [6.45, 7) is 2.86. The third kappa shape index (κ3) is 2.91. The van der Waals surface area contributed by atoms with E-state index in [1.807, 2.05) is 6.07 Å². The number of nitriles is 1. The van der Waals surface area contributed by atoms with Gasteiger partial charge in [0, 0.05) is 13.1 Å². The fraction of sp³-hybridized carbons (Fsp3) is 0.417. The molecule has 17 heavy (non-hydrogen) atoms. The van der Waals surface area contributed by atoms with E-state index in [1.54, 1.807) is 12.1 Å². The smallest absolute Gasteiger partial charge is 0.124 e. The van der Waals surface area contributed by atoms with Gasteiger partial charge in [-0.05, 0) is 17.7 Å². The molecule has 0 amide bonds. The molecule has 3 nitrogen and oxygen atoms in total. The van der Waals surface area contributed by atoms with Crippen molar-refractivity contribution >= 4 is 23.2 Å². The van der Waals surface area contributed by atoms with Crippen LogP contribution < -0.4 is 0 Å². The van der Waals surface area contributed by atoms with Gasteiger partial charge in [-0.3, -0.25) is 4.90 Å². The fourth-order valence-corrected chi connectivity index (χ4v) is 2.19. The van der Waals surface area contributed by atoms with E-state index in [9.17, 15) is 5.26 Å². The molecule has 90 valence electrons. The minimum absolute atomic E-state index is 0.284. The summed E-state index contributed by atoms with van der Waals surface area (Å²) in [5.74, 6) is 0. The Bertz CT molecular complexity index is 439. The first-order valence-electron chi connectivity index (χ1n) is 5.38. The zero-order valence-electron chi connectivity index (χ0n) is 9.20. The second-order valence-electron chi connectivity index (χ2n) is 3.85. The molecule has 0 aliphatic carbocycles. The summed E-state index contributed by atoms with van der Waals surface area (Å²) in [4.78, 5) is 2.09. The van der Waals surface area contributed by atoms with E-state index in [0.717, 1.165) is 18.7 Å². The van der Waals surface area contributed by atoms with Gasteiger partial charge in [0.25, 0.3) is 0 Å². The topological polar surface area (TPSA) is 36.3 Å². The van der Waals surface area contributed by atoms with Crippen molar-refractivity contribution in [1.29, 1.82) is 5.26 Å². The Morgan fingerprint density at radius 2 is 1.94 bits per heavy atom. The third-order valence-electron chi connectivity index (χ3n) is 2.79. The zero-order valence-corrected chi connectivity index (χ0v) is 10.7. The van der Waals surface area contributed by atoms with Crippen molar-refractivity contribution in [1.82, 2.24) is 4.90 Å². The van der Waals surface area contributed by atoms with Crippen LogP contribution in [0.2, 0.25) is 10.0 Å². The van der Waals surface area contributed by atoms with Crippen LogP contribution in [0.1, 0.15) is 11.6 Å². The van der Waals surface area contributed by atoms with Gasteiger partial charge in [-0.15, -0.1) is 0 Å². The Morgan fingerprint density at radius 3 is 2.53 bits per heavy atom. The van der Waals surface area contributed by atoms with Crippen LogP contribution in [0.3, 0.4) is 0 Å². The summed E-state index contributed by atoms with van der Waals surface area (Å²) >= 11 is 11.8. The molecule has 0 spiro atoms. The van der Waals surface area contributed by atoms with E-state index in [0.29, 0.717) is 23.3 Å². The van der Waals surface area contributed by atoms with Crippen LogP contribution in [0.25, 0.3) is 0 Å². The molecular weight excluding hydrogens is 259 g/mol. The number of hydrogen-bond donors (Lipinski definition) is 0. The molecule has 0 radical (unpaired) electrons. The summed E-state index contributed by atoms with van der Waals surface area (Å²) in [5.41, 5.74) is 0.879. The number of halogens is 2. The van der Waals surface area contributed by atoms with Crippen LogP contribution in [-0.2, 0) is 4.74 Å². The molecule has 1 aliphatic heterocycles. The molecule has 1 fully saturated rings. The number of morpholine rings is 1. The first-order chi connectivity index (χ1) is 8.22. The van der Waals surface area contributed by atoms with Crippen molar-refractivity contribution in [3.8, 4) is 6.07 Å². The highest BCUT2D eigenvalue weighted by molar-refractivity contribution is 6.42. The SMILES string of the molecule is N#CC(c1ccc(Cl)c(Cl)c1)N1CCOCC1. The Balaban J connectivity index is 2.22. The lowest BCUT2D eigenvalue weighted by molar-refractivity contribution is 0.0266. The lowest BCUT2D eigenvalue weighted by Crippen LogP contribution is -2.38. The van der Waals surface area contributed by atoms with Gasteiger partial charge < -0.3 is 4.74 Å². The van der Waals surface area contributed by atoms with E-state index in [2.05, 4.69) is 11.0 Å². The van der Waals surface area contributed by atoms with E-state index in [1.165, 1.54) is 0 Å². The van der Waals surface area contributed by atoms with Crippen LogP contribution in [0, 0.1) is 11.3 Å². The standard InChI is InChI=1S/C12H12Cl2N2O/c13-10-2-1-9(7-11(10)14)12(8-15)16-3-5-17-6-4-16/h1-2,7,12H,3-6H2. The molecule has 0 N–H and O–H groups in total. The van der Waals surface area contributed by atoms with Crippen LogP contribution in [0.5, 0.6) is 0 Å². The molecule has 1 unspecified atom stereocenters. The first-order valence-corrected chi connectivity index (χ1v) is 6.14. The molecular formula is C12H12Cl2N2O. The van der Waals surface area contributed by atoms with Crippen molar-refractivity contribution in [3.63, 3.8) is 0 Å². The number of rotatable bonds is 2. The number of benzene rings is 1. The van der Waals surface area contributed by atoms with Crippen LogP contribution in [0.15, 0.2) is 18.2 Å². The van der Waals surface area contributed by atoms with E-state index in [-0.39, 0.29) is 6.04 Å². The first kappa shape index (κ1) is 12.7. The monoisotopic (exact) mass is 270 g/mol. The minimum atomic E-state index is -0.284. The average molecular weight is 271 g/mol. The Hall–Kier alpha value is -0.790. The molecule has 5 heteroatoms. The number of ether oxygens (including phenoxy) is 1. The van der Waals surface area contributed by atoms with Gasteiger partial charge in [0.1, 0.15) is 6.04 Å². The summed E-state index contributed by atoms with van der Waals surface area (Å²) < 4.78 is 5.27. The molecule has 0 bridgehead atoms. The van der Waals surface area contributed by atoms with Gasteiger partial charge in [-0.2, -0.15) is 5.26 Å². The highest BCUT2D eigenvalue weighted by atomic mass is 35.5. The Kier molecular flexibility index (Phi) is 4.25. The molecule has 1 aliphatic rings. The van der Waals surface area contributed by atoms with Gasteiger partial charge in [0.15, 0.2) is 0 Å². The van der Waals surface area contributed by atoms with Gasteiger partial charge in [-0.1, -0.05) is 29.3 Å². The average Bonchev–Trinajstić information content (AvgIpc) is 2.36. The quantitative estimate of drug-likeness (QED) is 0.829. The second kappa shape index (κ2) is 5.70. The van der Waals surface area contributed by atoms with Crippen molar-refractivity contribution in [3.05, 3.63) is 33.8 Å².